The van der Waals surface area contributed by atoms with E-state index in [0.29, 0.717) is 6.61 Å². The second kappa shape index (κ2) is 6.83. The number of hydrogen-bond acceptors (Lipinski definition) is 3. The zero-order valence-corrected chi connectivity index (χ0v) is 14.0. The molecule has 23 heavy (non-hydrogen) atoms. The average molecular weight is 311 g/mol. The van der Waals surface area contributed by atoms with Gasteiger partial charge in [-0.3, -0.25) is 5.32 Å². The summed E-state index contributed by atoms with van der Waals surface area (Å²) in [4.78, 5) is 0. The third-order valence-corrected chi connectivity index (χ3v) is 4.66. The van der Waals surface area contributed by atoms with Crippen LogP contribution in [0.5, 0.6) is 0 Å². The van der Waals surface area contributed by atoms with E-state index in [1.165, 1.54) is 5.56 Å². The highest BCUT2D eigenvalue weighted by atomic mass is 16.7. The number of hydrogen-bond donors (Lipinski definition) is 1. The maximum Gasteiger partial charge on any atom is 0.180 e. The molecule has 3 rings (SSSR count). The van der Waals surface area contributed by atoms with Gasteiger partial charge >= 0.3 is 0 Å². The number of benzene rings is 2. The van der Waals surface area contributed by atoms with Gasteiger partial charge in [0, 0.05) is 6.04 Å². The summed E-state index contributed by atoms with van der Waals surface area (Å²) in [5, 5.41) is 3.70. The maximum atomic E-state index is 6.21. The molecular weight excluding hydrogens is 286 g/mol. The molecule has 2 aromatic carbocycles. The lowest BCUT2D eigenvalue weighted by Gasteiger charge is -2.47. The monoisotopic (exact) mass is 311 g/mol. The average Bonchev–Trinajstić information content (AvgIpc) is 2.59. The molecule has 1 aliphatic rings. The minimum atomic E-state index is -0.373. The van der Waals surface area contributed by atoms with Gasteiger partial charge in [-0.2, -0.15) is 0 Å². The minimum absolute atomic E-state index is 0.104. The van der Waals surface area contributed by atoms with Gasteiger partial charge in [-0.15, -0.1) is 0 Å². The van der Waals surface area contributed by atoms with Gasteiger partial charge in [-0.05, 0) is 31.9 Å². The Bertz CT molecular complexity index is 616. The molecule has 1 heterocycles. The van der Waals surface area contributed by atoms with Crippen molar-refractivity contribution in [3.05, 3.63) is 71.8 Å². The molecule has 1 aliphatic heterocycles. The van der Waals surface area contributed by atoms with Crippen molar-refractivity contribution in [3.8, 4) is 0 Å². The molecule has 1 saturated heterocycles. The van der Waals surface area contributed by atoms with E-state index in [1.54, 1.807) is 0 Å². The van der Waals surface area contributed by atoms with Gasteiger partial charge < -0.3 is 9.47 Å². The highest BCUT2D eigenvalue weighted by molar-refractivity contribution is 5.26. The highest BCUT2D eigenvalue weighted by Crippen LogP contribution is 2.33. The van der Waals surface area contributed by atoms with Crippen LogP contribution in [0.1, 0.15) is 31.9 Å². The van der Waals surface area contributed by atoms with E-state index in [2.05, 4.69) is 62.5 Å². The van der Waals surface area contributed by atoms with Crippen molar-refractivity contribution in [2.24, 2.45) is 0 Å². The fourth-order valence-electron chi connectivity index (χ4n) is 3.06. The summed E-state index contributed by atoms with van der Waals surface area (Å²) < 4.78 is 12.4. The van der Waals surface area contributed by atoms with Crippen molar-refractivity contribution >= 4 is 0 Å². The Hall–Kier alpha value is -1.68. The molecule has 0 aliphatic carbocycles. The first-order valence-corrected chi connectivity index (χ1v) is 8.24. The van der Waals surface area contributed by atoms with Crippen LogP contribution in [-0.4, -0.2) is 18.4 Å². The van der Waals surface area contributed by atoms with Crippen molar-refractivity contribution in [1.29, 1.82) is 0 Å². The molecule has 0 saturated carbocycles. The Morgan fingerprint density at radius 3 is 2.26 bits per heavy atom. The van der Waals surface area contributed by atoms with Crippen LogP contribution < -0.4 is 5.32 Å². The van der Waals surface area contributed by atoms with Crippen LogP contribution in [0.25, 0.3) is 0 Å². The SMILES string of the molecule is CC1N[C@@](C)(c2ccccc2)[C@H](OCc2ccccc2)OC1C. The summed E-state index contributed by atoms with van der Waals surface area (Å²) in [6, 6.07) is 20.9. The Balaban J connectivity index is 1.82. The molecule has 2 unspecified atom stereocenters. The summed E-state index contributed by atoms with van der Waals surface area (Å²) in [5.41, 5.74) is 1.96. The molecule has 0 aromatic heterocycles. The van der Waals surface area contributed by atoms with Gasteiger partial charge in [0.05, 0.1) is 18.2 Å². The number of nitrogens with one attached hydrogen (secondary N) is 1. The zero-order chi connectivity index (χ0) is 16.3. The van der Waals surface area contributed by atoms with E-state index in [-0.39, 0.29) is 24.0 Å². The van der Waals surface area contributed by atoms with Crippen molar-refractivity contribution in [2.75, 3.05) is 0 Å². The van der Waals surface area contributed by atoms with Crippen LogP contribution in [0.15, 0.2) is 60.7 Å². The second-order valence-corrected chi connectivity index (χ2v) is 6.47. The summed E-state index contributed by atoms with van der Waals surface area (Å²) in [6.45, 7) is 6.93. The van der Waals surface area contributed by atoms with Crippen molar-refractivity contribution in [2.45, 2.75) is 51.4 Å². The molecule has 122 valence electrons. The van der Waals surface area contributed by atoms with Gasteiger partial charge in [-0.1, -0.05) is 60.7 Å². The van der Waals surface area contributed by atoms with E-state index < -0.39 is 0 Å². The fraction of sp³-hybridized carbons (Fsp3) is 0.400. The Morgan fingerprint density at radius 2 is 1.61 bits per heavy atom. The van der Waals surface area contributed by atoms with Crippen LogP contribution in [0, 0.1) is 0 Å². The maximum absolute atomic E-state index is 6.21. The highest BCUT2D eigenvalue weighted by Gasteiger charge is 2.44. The normalized spacial score (nSPS) is 31.0. The van der Waals surface area contributed by atoms with Gasteiger partial charge in [0.25, 0.3) is 0 Å². The quantitative estimate of drug-likeness (QED) is 0.930. The predicted octanol–water partition coefficient (Wildman–Crippen LogP) is 3.84. The summed E-state index contributed by atoms with van der Waals surface area (Å²) in [5.74, 6) is 0. The Labute approximate surface area is 138 Å². The van der Waals surface area contributed by atoms with E-state index in [4.69, 9.17) is 9.47 Å². The summed E-state index contributed by atoms with van der Waals surface area (Å²) >= 11 is 0. The van der Waals surface area contributed by atoms with Crippen molar-refractivity contribution in [1.82, 2.24) is 5.32 Å². The Kier molecular flexibility index (Phi) is 4.81. The molecule has 3 nitrogen and oxygen atoms in total. The predicted molar refractivity (Wildman–Crippen MR) is 92.0 cm³/mol. The molecule has 4 atom stereocenters. The number of rotatable bonds is 4. The molecule has 0 radical (unpaired) electrons. The van der Waals surface area contributed by atoms with Gasteiger partial charge in [0.2, 0.25) is 0 Å². The van der Waals surface area contributed by atoms with E-state index in [0.717, 1.165) is 5.56 Å². The lowest BCUT2D eigenvalue weighted by molar-refractivity contribution is -0.244. The first-order valence-electron chi connectivity index (χ1n) is 8.24. The van der Waals surface area contributed by atoms with Crippen LogP contribution in [0.2, 0.25) is 0 Å². The molecular formula is C20H25NO2. The third-order valence-electron chi connectivity index (χ3n) is 4.66. The fourth-order valence-corrected chi connectivity index (χ4v) is 3.06. The largest absolute Gasteiger partial charge is 0.346 e. The van der Waals surface area contributed by atoms with Crippen LogP contribution in [0.4, 0.5) is 0 Å². The van der Waals surface area contributed by atoms with Crippen molar-refractivity contribution in [3.63, 3.8) is 0 Å². The van der Waals surface area contributed by atoms with Crippen LogP contribution >= 0.6 is 0 Å². The summed E-state index contributed by atoms with van der Waals surface area (Å²) in [7, 11) is 0. The molecule has 0 amide bonds. The second-order valence-electron chi connectivity index (χ2n) is 6.47. The third kappa shape index (κ3) is 3.47. The molecule has 1 N–H and O–H groups in total. The molecule has 0 spiro atoms. The first kappa shape index (κ1) is 16.2. The molecule has 1 fully saturated rings. The smallest absolute Gasteiger partial charge is 0.180 e. The minimum Gasteiger partial charge on any atom is -0.346 e. The first-order chi connectivity index (χ1) is 11.1. The van der Waals surface area contributed by atoms with Gasteiger partial charge in [-0.25, -0.2) is 0 Å². The van der Waals surface area contributed by atoms with E-state index in [1.807, 2.05) is 24.3 Å². The standard InChI is InChI=1S/C20H25NO2/c1-15-16(2)23-19(22-14-17-10-6-4-7-11-17)20(3,21-15)18-12-8-5-9-13-18/h4-13,15-16,19,21H,14H2,1-3H3/t15?,16?,19-,20+/m1/s1. The summed E-state index contributed by atoms with van der Waals surface area (Å²) in [6.07, 6.45) is -0.233. The lowest BCUT2D eigenvalue weighted by atomic mass is 9.88. The number of ether oxygens (including phenoxy) is 2. The lowest BCUT2D eigenvalue weighted by Crippen LogP contribution is -2.63. The molecule has 0 bridgehead atoms. The van der Waals surface area contributed by atoms with E-state index in [9.17, 15) is 0 Å². The van der Waals surface area contributed by atoms with E-state index >= 15 is 0 Å². The zero-order valence-electron chi connectivity index (χ0n) is 14.0. The van der Waals surface area contributed by atoms with Gasteiger partial charge in [0.1, 0.15) is 0 Å². The van der Waals surface area contributed by atoms with Crippen LogP contribution in [-0.2, 0) is 21.6 Å². The van der Waals surface area contributed by atoms with Crippen LogP contribution in [0.3, 0.4) is 0 Å². The van der Waals surface area contributed by atoms with Crippen molar-refractivity contribution < 1.29 is 9.47 Å². The molecule has 3 heteroatoms. The number of morpholine rings is 1. The van der Waals surface area contributed by atoms with Gasteiger partial charge in [0.15, 0.2) is 6.29 Å². The topological polar surface area (TPSA) is 30.5 Å². The Morgan fingerprint density at radius 1 is 1.00 bits per heavy atom. The molecule has 2 aromatic rings.